The summed E-state index contributed by atoms with van der Waals surface area (Å²) in [6, 6.07) is 16.6. The Balaban J connectivity index is 1.93. The van der Waals surface area contributed by atoms with Gasteiger partial charge in [-0.2, -0.15) is 0 Å². The van der Waals surface area contributed by atoms with Gasteiger partial charge in [-0.05, 0) is 17.9 Å². The van der Waals surface area contributed by atoms with Crippen LogP contribution in [0.3, 0.4) is 0 Å². The molecule has 0 fully saturated rings. The van der Waals surface area contributed by atoms with Crippen LogP contribution in [-0.2, 0) is 0 Å². The Morgan fingerprint density at radius 1 is 1.00 bits per heavy atom. The normalized spacial score (nSPS) is 13.4. The largest absolute Gasteiger partial charge is 0.506 e. The molecule has 1 aliphatic carbocycles. The number of hydrogen-bond acceptors (Lipinski definition) is 5. The zero-order valence-electron chi connectivity index (χ0n) is 13.5. The van der Waals surface area contributed by atoms with Gasteiger partial charge in [0, 0.05) is 16.8 Å². The second-order valence-corrected chi connectivity index (χ2v) is 6.74. The molecule has 4 rings (SSSR count). The van der Waals surface area contributed by atoms with Crippen molar-refractivity contribution in [2.45, 2.75) is 12.1 Å². The van der Waals surface area contributed by atoms with E-state index in [-0.39, 0.29) is 17.1 Å². The predicted octanol–water partition coefficient (Wildman–Crippen LogP) is 4.00. The van der Waals surface area contributed by atoms with Gasteiger partial charge in [-0.15, -0.1) is 10.2 Å². The number of fused-ring (bicyclic) bond motifs is 1. The number of para-hydroxylation sites is 1. The van der Waals surface area contributed by atoms with Gasteiger partial charge in [-0.3, -0.25) is 9.36 Å². The van der Waals surface area contributed by atoms with E-state index in [4.69, 9.17) is 0 Å². The first-order valence-corrected chi connectivity index (χ1v) is 8.92. The topological polar surface area (TPSA) is 68.0 Å². The molecule has 0 saturated carbocycles. The van der Waals surface area contributed by atoms with Gasteiger partial charge in [0.15, 0.2) is 11.0 Å². The number of benzene rings is 2. The zero-order valence-corrected chi connectivity index (χ0v) is 14.3. The number of nitrogens with zero attached hydrogens (tertiary/aromatic N) is 3. The quantitative estimate of drug-likeness (QED) is 0.721. The fourth-order valence-corrected chi connectivity index (χ4v) is 3.61. The first-order valence-electron chi connectivity index (χ1n) is 7.93. The molecule has 0 radical (unpaired) electrons. The molecule has 3 aromatic rings. The number of aromatic nitrogens is 3. The zero-order chi connectivity index (χ0) is 17.4. The van der Waals surface area contributed by atoms with Crippen LogP contribution in [0.5, 0.6) is 0 Å². The van der Waals surface area contributed by atoms with E-state index in [9.17, 15) is 9.90 Å². The number of rotatable bonds is 4. The van der Waals surface area contributed by atoms with E-state index >= 15 is 0 Å². The Morgan fingerprint density at radius 3 is 2.36 bits per heavy atom. The minimum atomic E-state index is -0.231. The molecule has 0 spiro atoms. The predicted molar refractivity (Wildman–Crippen MR) is 98.0 cm³/mol. The molecule has 0 unspecified atom stereocenters. The summed E-state index contributed by atoms with van der Waals surface area (Å²) in [5, 5.41) is 19.8. The molecular formula is C19H15N3O2S. The van der Waals surface area contributed by atoms with Crippen molar-refractivity contribution < 1.29 is 9.90 Å². The summed E-state index contributed by atoms with van der Waals surface area (Å²) in [5.41, 5.74) is 2.07. The van der Waals surface area contributed by atoms with Gasteiger partial charge in [-0.25, -0.2) is 0 Å². The van der Waals surface area contributed by atoms with Gasteiger partial charge in [0.1, 0.15) is 11.3 Å². The molecule has 0 atom stereocenters. The van der Waals surface area contributed by atoms with Crippen LogP contribution in [0.1, 0.15) is 28.7 Å². The first kappa shape index (κ1) is 15.7. The molecule has 0 saturated heterocycles. The monoisotopic (exact) mass is 349 g/mol. The number of aliphatic hydroxyl groups excluding tert-OH is 1. The highest BCUT2D eigenvalue weighted by molar-refractivity contribution is 7.99. The van der Waals surface area contributed by atoms with Gasteiger partial charge in [0.05, 0.1) is 0 Å². The summed E-state index contributed by atoms with van der Waals surface area (Å²) >= 11 is 1.54. The number of aliphatic hydroxyl groups is 1. The molecule has 5 nitrogen and oxygen atoms in total. The van der Waals surface area contributed by atoms with E-state index < -0.39 is 0 Å². The molecule has 1 aromatic heterocycles. The number of carbonyl (C=O) groups excluding carboxylic acids is 1. The van der Waals surface area contributed by atoms with Crippen molar-refractivity contribution in [1.29, 1.82) is 0 Å². The lowest BCUT2D eigenvalue weighted by atomic mass is 10.1. The molecule has 124 valence electrons. The minimum absolute atomic E-state index is 0.0433. The fraction of sp³-hybridized carbons (Fsp3) is 0.105. The van der Waals surface area contributed by atoms with Crippen LogP contribution in [0.15, 0.2) is 59.8 Å². The number of thioether (sulfide) groups is 1. The molecule has 0 bridgehead atoms. The maximum absolute atomic E-state index is 12.9. The number of allylic oxidation sites excluding steroid dienone is 1. The fourth-order valence-electron chi connectivity index (χ4n) is 2.94. The van der Waals surface area contributed by atoms with E-state index in [0.29, 0.717) is 22.1 Å². The maximum atomic E-state index is 12.9. The number of hydrogen-bond donors (Lipinski definition) is 1. The van der Waals surface area contributed by atoms with Gasteiger partial charge in [-0.1, -0.05) is 61.2 Å². The Kier molecular flexibility index (Phi) is 3.89. The lowest BCUT2D eigenvalue weighted by molar-refractivity contribution is 0.105. The average molecular weight is 349 g/mol. The number of Topliss-reactive ketones (excluding diaryl/α,β-unsaturated/α-hetero) is 1. The van der Waals surface area contributed by atoms with Gasteiger partial charge < -0.3 is 5.11 Å². The molecule has 1 N–H and O–H groups in total. The molecule has 6 heteroatoms. The van der Waals surface area contributed by atoms with Crippen molar-refractivity contribution in [1.82, 2.24) is 14.8 Å². The Morgan fingerprint density at radius 2 is 1.68 bits per heavy atom. The van der Waals surface area contributed by atoms with Crippen LogP contribution in [0.2, 0.25) is 0 Å². The molecular weight excluding hydrogens is 334 g/mol. The molecule has 1 aliphatic rings. The van der Waals surface area contributed by atoms with E-state index in [2.05, 4.69) is 10.2 Å². The van der Waals surface area contributed by atoms with Crippen LogP contribution < -0.4 is 0 Å². The summed E-state index contributed by atoms with van der Waals surface area (Å²) in [7, 11) is 0. The third-order valence-corrected chi connectivity index (χ3v) is 4.85. The summed E-state index contributed by atoms with van der Waals surface area (Å²) in [6.07, 6.45) is 0. The molecule has 1 heterocycles. The summed E-state index contributed by atoms with van der Waals surface area (Å²) < 4.78 is 1.82. The summed E-state index contributed by atoms with van der Waals surface area (Å²) in [6.45, 7) is 2.03. The van der Waals surface area contributed by atoms with Gasteiger partial charge >= 0.3 is 0 Å². The third kappa shape index (κ3) is 2.46. The molecule has 0 amide bonds. The van der Waals surface area contributed by atoms with E-state index in [1.165, 1.54) is 11.8 Å². The van der Waals surface area contributed by atoms with Crippen LogP contribution >= 0.6 is 11.8 Å². The van der Waals surface area contributed by atoms with Crippen molar-refractivity contribution in [3.8, 4) is 5.69 Å². The first-order chi connectivity index (χ1) is 12.2. The highest BCUT2D eigenvalue weighted by Gasteiger charge is 2.34. The number of ketones is 1. The van der Waals surface area contributed by atoms with Crippen molar-refractivity contribution in [3.05, 3.63) is 71.5 Å². The van der Waals surface area contributed by atoms with E-state index in [1.807, 2.05) is 41.8 Å². The van der Waals surface area contributed by atoms with Crippen LogP contribution in [0.4, 0.5) is 0 Å². The van der Waals surface area contributed by atoms with Crippen molar-refractivity contribution in [2.75, 3.05) is 5.75 Å². The summed E-state index contributed by atoms with van der Waals surface area (Å²) in [5.74, 6) is 0.911. The third-order valence-electron chi connectivity index (χ3n) is 4.04. The molecule has 2 aromatic carbocycles. The van der Waals surface area contributed by atoms with Crippen LogP contribution in [-0.4, -0.2) is 31.4 Å². The SMILES string of the molecule is CCSc1nnc(C2=C(O)c3ccccc3C2=O)n1-c1ccccc1. The van der Waals surface area contributed by atoms with Gasteiger partial charge in [0.2, 0.25) is 5.78 Å². The Labute approximate surface area is 149 Å². The van der Waals surface area contributed by atoms with Crippen LogP contribution in [0.25, 0.3) is 17.0 Å². The average Bonchev–Trinajstić information content (AvgIpc) is 3.16. The van der Waals surface area contributed by atoms with Gasteiger partial charge in [0.25, 0.3) is 0 Å². The summed E-state index contributed by atoms with van der Waals surface area (Å²) in [4.78, 5) is 12.9. The van der Waals surface area contributed by atoms with Crippen molar-refractivity contribution >= 4 is 28.9 Å². The molecule has 25 heavy (non-hydrogen) atoms. The molecule has 0 aliphatic heterocycles. The second-order valence-electron chi connectivity index (χ2n) is 5.51. The minimum Gasteiger partial charge on any atom is -0.506 e. The maximum Gasteiger partial charge on any atom is 0.201 e. The standard InChI is InChI=1S/C19H15N3O2S/c1-2-25-19-21-20-18(22(19)12-8-4-3-5-9-12)15-16(23)13-10-6-7-11-14(13)17(15)24/h3-11,23H,2H2,1H3. The lowest BCUT2D eigenvalue weighted by Crippen LogP contribution is -2.07. The highest BCUT2D eigenvalue weighted by atomic mass is 32.2. The van der Waals surface area contributed by atoms with Crippen molar-refractivity contribution in [3.63, 3.8) is 0 Å². The highest BCUT2D eigenvalue weighted by Crippen LogP contribution is 2.37. The van der Waals surface area contributed by atoms with Crippen LogP contribution in [0, 0.1) is 0 Å². The number of carbonyl (C=O) groups is 1. The smallest absolute Gasteiger partial charge is 0.201 e. The lowest BCUT2D eigenvalue weighted by Gasteiger charge is -2.10. The van der Waals surface area contributed by atoms with E-state index in [1.54, 1.807) is 24.3 Å². The Hall–Kier alpha value is -2.86. The van der Waals surface area contributed by atoms with Crippen molar-refractivity contribution in [2.24, 2.45) is 0 Å². The second kappa shape index (κ2) is 6.22. The Bertz CT molecular complexity index is 993. The van der Waals surface area contributed by atoms with E-state index in [0.717, 1.165) is 11.4 Å².